The third-order valence-electron chi connectivity index (χ3n) is 6.87. The Morgan fingerprint density at radius 3 is 2.15 bits per heavy atom. The monoisotopic (exact) mass is 443 g/mol. The minimum Gasteiger partial charge on any atom is -0.508 e. The molecule has 1 fully saturated rings. The van der Waals surface area contributed by atoms with Crippen LogP contribution in [-0.2, 0) is 0 Å². The average molecular weight is 444 g/mol. The van der Waals surface area contributed by atoms with E-state index in [1.807, 2.05) is 24.3 Å². The summed E-state index contributed by atoms with van der Waals surface area (Å²) < 4.78 is 5.98. The van der Waals surface area contributed by atoms with Crippen molar-refractivity contribution in [2.45, 2.75) is 31.1 Å². The number of hydrogen-bond acceptors (Lipinski definition) is 5. The van der Waals surface area contributed by atoms with Crippen molar-refractivity contribution in [1.82, 2.24) is 4.90 Å². The van der Waals surface area contributed by atoms with Crippen LogP contribution in [0.1, 0.15) is 58.1 Å². The van der Waals surface area contributed by atoms with Crippen molar-refractivity contribution in [3.05, 3.63) is 89.0 Å². The number of phenolic OH excluding ortho intramolecular Hbond substituents is 2. The molecule has 2 unspecified atom stereocenters. The van der Waals surface area contributed by atoms with Crippen LogP contribution in [-0.4, -0.2) is 47.1 Å². The van der Waals surface area contributed by atoms with E-state index in [4.69, 9.17) is 4.74 Å². The molecular formula is C28H29NO4. The summed E-state index contributed by atoms with van der Waals surface area (Å²) in [7, 11) is 0. The van der Waals surface area contributed by atoms with E-state index >= 15 is 0 Å². The van der Waals surface area contributed by atoms with Gasteiger partial charge in [-0.1, -0.05) is 30.7 Å². The Balaban J connectivity index is 1.38. The smallest absolute Gasteiger partial charge is 0.171 e. The number of carbonyl (C=O) groups excluding carboxylic acids is 1. The summed E-state index contributed by atoms with van der Waals surface area (Å²) in [5.74, 6) is 0.539. The van der Waals surface area contributed by atoms with Crippen molar-refractivity contribution in [1.29, 1.82) is 0 Å². The summed E-state index contributed by atoms with van der Waals surface area (Å²) >= 11 is 0. The van der Waals surface area contributed by atoms with Crippen molar-refractivity contribution in [3.63, 3.8) is 0 Å². The normalized spacial score (nSPS) is 20.5. The predicted molar refractivity (Wildman–Crippen MR) is 127 cm³/mol. The van der Waals surface area contributed by atoms with Crippen molar-refractivity contribution >= 4 is 5.78 Å². The van der Waals surface area contributed by atoms with Gasteiger partial charge in [-0.25, -0.2) is 0 Å². The Bertz CT molecular complexity index is 1120. The van der Waals surface area contributed by atoms with Gasteiger partial charge >= 0.3 is 0 Å². The van der Waals surface area contributed by atoms with E-state index in [1.54, 1.807) is 42.5 Å². The van der Waals surface area contributed by atoms with E-state index in [1.165, 1.54) is 19.3 Å². The zero-order valence-electron chi connectivity index (χ0n) is 18.6. The zero-order chi connectivity index (χ0) is 22.8. The van der Waals surface area contributed by atoms with Crippen LogP contribution in [0, 0.1) is 0 Å². The second-order valence-corrected chi connectivity index (χ2v) is 9.00. The lowest BCUT2D eigenvalue weighted by molar-refractivity contribution is 0.0968. The quantitative estimate of drug-likeness (QED) is 0.556. The number of ketones is 1. The second kappa shape index (κ2) is 9.28. The van der Waals surface area contributed by atoms with E-state index in [-0.39, 0.29) is 23.2 Å². The standard InChI is InChI=1S/C28H29NO4/c30-21-8-4-20(5-9-21)27-26(25-18-22(31)10-13-24(25)28(27)32)19-6-11-23(12-7-19)33-17-16-29-14-2-1-3-15-29/h4-13,18,26-27,30-31H,1-3,14-17H2. The number of hydrogen-bond donors (Lipinski definition) is 2. The maximum atomic E-state index is 13.4. The average Bonchev–Trinajstić information content (AvgIpc) is 3.12. The first-order valence-corrected chi connectivity index (χ1v) is 11.7. The summed E-state index contributed by atoms with van der Waals surface area (Å²) in [6.07, 6.45) is 3.87. The second-order valence-electron chi connectivity index (χ2n) is 9.00. The van der Waals surface area contributed by atoms with E-state index < -0.39 is 5.92 Å². The van der Waals surface area contributed by atoms with Gasteiger partial charge < -0.3 is 14.9 Å². The summed E-state index contributed by atoms with van der Waals surface area (Å²) in [6.45, 7) is 3.91. The van der Waals surface area contributed by atoms with Crippen LogP contribution < -0.4 is 4.74 Å². The van der Waals surface area contributed by atoms with Crippen LogP contribution in [0.5, 0.6) is 17.2 Å². The molecule has 3 aromatic carbocycles. The highest BCUT2D eigenvalue weighted by Crippen LogP contribution is 2.48. The maximum absolute atomic E-state index is 13.4. The molecule has 5 nitrogen and oxygen atoms in total. The van der Waals surface area contributed by atoms with E-state index in [0.29, 0.717) is 12.2 Å². The molecule has 0 saturated carbocycles. The summed E-state index contributed by atoms with van der Waals surface area (Å²) in [5, 5.41) is 19.8. The number of piperidine rings is 1. The van der Waals surface area contributed by atoms with Crippen LogP contribution in [0.15, 0.2) is 66.7 Å². The molecule has 0 radical (unpaired) electrons. The molecule has 0 bridgehead atoms. The highest BCUT2D eigenvalue weighted by atomic mass is 16.5. The van der Waals surface area contributed by atoms with E-state index in [2.05, 4.69) is 4.90 Å². The first-order valence-electron chi connectivity index (χ1n) is 11.7. The van der Waals surface area contributed by atoms with Gasteiger partial charge in [-0.05, 0) is 85.1 Å². The number of nitrogens with zero attached hydrogens (tertiary/aromatic N) is 1. The molecule has 2 aliphatic rings. The number of fused-ring (bicyclic) bond motifs is 1. The molecular weight excluding hydrogens is 414 g/mol. The number of benzene rings is 3. The van der Waals surface area contributed by atoms with Crippen LogP contribution in [0.4, 0.5) is 0 Å². The number of carbonyl (C=O) groups is 1. The van der Waals surface area contributed by atoms with Gasteiger partial charge in [-0.15, -0.1) is 0 Å². The lowest BCUT2D eigenvalue weighted by atomic mass is 9.81. The molecule has 1 heterocycles. The Morgan fingerprint density at radius 2 is 1.42 bits per heavy atom. The molecule has 33 heavy (non-hydrogen) atoms. The topological polar surface area (TPSA) is 70.0 Å². The number of Topliss-reactive ketones (excluding diaryl/α,β-unsaturated/α-hetero) is 1. The van der Waals surface area contributed by atoms with Crippen LogP contribution >= 0.6 is 0 Å². The van der Waals surface area contributed by atoms with Gasteiger partial charge in [0, 0.05) is 18.0 Å². The van der Waals surface area contributed by atoms with Crippen LogP contribution in [0.25, 0.3) is 0 Å². The van der Waals surface area contributed by atoms with Gasteiger partial charge in [0.25, 0.3) is 0 Å². The molecule has 1 saturated heterocycles. The van der Waals surface area contributed by atoms with Crippen LogP contribution in [0.3, 0.4) is 0 Å². The Kier molecular flexibility index (Phi) is 6.05. The molecule has 0 amide bonds. The zero-order valence-corrected chi connectivity index (χ0v) is 18.6. The third-order valence-corrected chi connectivity index (χ3v) is 6.87. The molecule has 3 aromatic rings. The summed E-state index contributed by atoms with van der Waals surface area (Å²) in [4.78, 5) is 15.8. The van der Waals surface area contributed by atoms with Gasteiger partial charge in [0.05, 0.1) is 5.92 Å². The van der Waals surface area contributed by atoms with Crippen molar-refractivity contribution in [3.8, 4) is 17.2 Å². The first kappa shape index (κ1) is 21.5. The fraction of sp³-hybridized carbons (Fsp3) is 0.321. The van der Waals surface area contributed by atoms with Gasteiger partial charge in [0.1, 0.15) is 23.9 Å². The molecule has 2 N–H and O–H groups in total. The minimum atomic E-state index is -0.409. The lowest BCUT2D eigenvalue weighted by Crippen LogP contribution is -2.33. The molecule has 2 atom stereocenters. The number of ether oxygens (including phenoxy) is 1. The minimum absolute atomic E-state index is 0.0301. The van der Waals surface area contributed by atoms with Crippen LogP contribution in [0.2, 0.25) is 0 Å². The first-order chi connectivity index (χ1) is 16.1. The van der Waals surface area contributed by atoms with Crippen molar-refractivity contribution < 1.29 is 19.7 Å². The van der Waals surface area contributed by atoms with E-state index in [0.717, 1.165) is 42.1 Å². The van der Waals surface area contributed by atoms with Gasteiger partial charge in [0.15, 0.2) is 5.78 Å². The van der Waals surface area contributed by atoms with E-state index in [9.17, 15) is 15.0 Å². The van der Waals surface area contributed by atoms with Crippen molar-refractivity contribution in [2.75, 3.05) is 26.2 Å². The van der Waals surface area contributed by atoms with Gasteiger partial charge in [-0.3, -0.25) is 9.69 Å². The number of likely N-dealkylation sites (tertiary alicyclic amines) is 1. The summed E-state index contributed by atoms with van der Waals surface area (Å²) in [5.41, 5.74) is 3.31. The SMILES string of the molecule is O=C1c2ccc(O)cc2C(c2ccc(OCCN3CCCCC3)cc2)C1c1ccc(O)cc1. The maximum Gasteiger partial charge on any atom is 0.171 e. The van der Waals surface area contributed by atoms with Gasteiger partial charge in [-0.2, -0.15) is 0 Å². The highest BCUT2D eigenvalue weighted by Gasteiger charge is 2.41. The highest BCUT2D eigenvalue weighted by molar-refractivity contribution is 6.07. The Labute approximate surface area is 194 Å². The fourth-order valence-corrected chi connectivity index (χ4v) is 5.17. The molecule has 0 aromatic heterocycles. The predicted octanol–water partition coefficient (Wildman–Crippen LogP) is 5.07. The third kappa shape index (κ3) is 4.46. The number of rotatable bonds is 6. The van der Waals surface area contributed by atoms with Crippen molar-refractivity contribution in [2.24, 2.45) is 0 Å². The molecule has 1 aliphatic heterocycles. The number of aromatic hydroxyl groups is 2. The molecule has 5 rings (SSSR count). The lowest BCUT2D eigenvalue weighted by Gasteiger charge is -2.26. The summed E-state index contributed by atoms with van der Waals surface area (Å²) in [6, 6.07) is 19.7. The molecule has 0 spiro atoms. The fourth-order valence-electron chi connectivity index (χ4n) is 5.17. The van der Waals surface area contributed by atoms with Gasteiger partial charge in [0.2, 0.25) is 0 Å². The Morgan fingerprint density at radius 1 is 0.788 bits per heavy atom. The Hall–Kier alpha value is -3.31. The molecule has 170 valence electrons. The number of phenols is 2. The molecule has 5 heteroatoms. The largest absolute Gasteiger partial charge is 0.508 e. The molecule has 1 aliphatic carbocycles.